The molecule has 0 heterocycles. The average Bonchev–Trinajstić information content (AvgIpc) is 2.36. The standard InChI is InChI=1S/C12H15Br2NO2/c1-2-12(7-13,8-14)15-11(17)9-4-3-5-10(16)6-9/h3-6,16H,2,7-8H2,1H3,(H,15,17). The third-order valence-corrected chi connectivity index (χ3v) is 4.82. The van der Waals surface area contributed by atoms with Crippen LogP contribution in [0.25, 0.3) is 0 Å². The Hall–Kier alpha value is -0.550. The molecule has 0 spiro atoms. The fourth-order valence-corrected chi connectivity index (χ4v) is 3.34. The minimum Gasteiger partial charge on any atom is -0.508 e. The van der Waals surface area contributed by atoms with Crippen LogP contribution >= 0.6 is 31.9 Å². The van der Waals surface area contributed by atoms with Crippen molar-refractivity contribution in [3.8, 4) is 5.75 Å². The second-order valence-electron chi connectivity index (χ2n) is 3.91. The van der Waals surface area contributed by atoms with E-state index in [-0.39, 0.29) is 17.2 Å². The Kier molecular flexibility index (Phi) is 5.46. The van der Waals surface area contributed by atoms with E-state index in [0.29, 0.717) is 16.2 Å². The van der Waals surface area contributed by atoms with E-state index in [4.69, 9.17) is 0 Å². The van der Waals surface area contributed by atoms with Gasteiger partial charge in [-0.2, -0.15) is 0 Å². The van der Waals surface area contributed by atoms with E-state index < -0.39 is 0 Å². The van der Waals surface area contributed by atoms with Gasteiger partial charge in [-0.25, -0.2) is 0 Å². The van der Waals surface area contributed by atoms with Crippen LogP contribution in [0.3, 0.4) is 0 Å². The number of phenolic OH excluding ortho intramolecular Hbond substituents is 1. The molecule has 5 heteroatoms. The highest BCUT2D eigenvalue weighted by atomic mass is 79.9. The van der Waals surface area contributed by atoms with Gasteiger partial charge in [0.15, 0.2) is 0 Å². The lowest BCUT2D eigenvalue weighted by atomic mass is 10.0. The molecule has 0 aliphatic rings. The number of carbonyl (C=O) groups is 1. The van der Waals surface area contributed by atoms with Gasteiger partial charge in [-0.3, -0.25) is 4.79 Å². The summed E-state index contributed by atoms with van der Waals surface area (Å²) in [5.41, 5.74) is 0.160. The first-order chi connectivity index (χ1) is 8.06. The number of hydrogen-bond donors (Lipinski definition) is 2. The number of nitrogens with one attached hydrogen (secondary N) is 1. The molecule has 0 saturated carbocycles. The Morgan fingerprint density at radius 2 is 2.06 bits per heavy atom. The maximum absolute atomic E-state index is 12.0. The van der Waals surface area contributed by atoms with Gasteiger partial charge < -0.3 is 10.4 Å². The number of alkyl halides is 2. The van der Waals surface area contributed by atoms with Crippen molar-refractivity contribution in [1.82, 2.24) is 5.32 Å². The van der Waals surface area contributed by atoms with Crippen molar-refractivity contribution in [3.05, 3.63) is 29.8 Å². The Labute approximate surface area is 118 Å². The summed E-state index contributed by atoms with van der Waals surface area (Å²) in [6.45, 7) is 2.02. The lowest BCUT2D eigenvalue weighted by molar-refractivity contribution is 0.0915. The summed E-state index contributed by atoms with van der Waals surface area (Å²) in [5, 5.41) is 13.7. The van der Waals surface area contributed by atoms with Crippen LogP contribution in [0, 0.1) is 0 Å². The number of rotatable bonds is 5. The molecular formula is C12H15Br2NO2. The number of aromatic hydroxyl groups is 1. The summed E-state index contributed by atoms with van der Waals surface area (Å²) in [4.78, 5) is 12.0. The van der Waals surface area contributed by atoms with Crippen molar-refractivity contribution < 1.29 is 9.90 Å². The molecule has 0 bridgehead atoms. The highest BCUT2D eigenvalue weighted by Crippen LogP contribution is 2.18. The van der Waals surface area contributed by atoms with Crippen molar-refractivity contribution in [3.63, 3.8) is 0 Å². The molecule has 0 unspecified atom stereocenters. The van der Waals surface area contributed by atoms with Gasteiger partial charge in [0.2, 0.25) is 0 Å². The van der Waals surface area contributed by atoms with Gasteiger partial charge in [0.05, 0.1) is 5.54 Å². The number of phenols is 1. The molecule has 0 saturated heterocycles. The summed E-state index contributed by atoms with van der Waals surface area (Å²) in [5.74, 6) is -0.0842. The zero-order valence-corrected chi connectivity index (χ0v) is 12.7. The lowest BCUT2D eigenvalue weighted by Crippen LogP contribution is -2.51. The summed E-state index contributed by atoms with van der Waals surface area (Å²) in [7, 11) is 0. The van der Waals surface area contributed by atoms with E-state index in [2.05, 4.69) is 37.2 Å². The van der Waals surface area contributed by atoms with Crippen molar-refractivity contribution in [2.24, 2.45) is 0 Å². The highest BCUT2D eigenvalue weighted by Gasteiger charge is 2.28. The van der Waals surface area contributed by atoms with Gasteiger partial charge >= 0.3 is 0 Å². The molecule has 2 N–H and O–H groups in total. The quantitative estimate of drug-likeness (QED) is 0.789. The summed E-state index contributed by atoms with van der Waals surface area (Å²) < 4.78 is 0. The predicted octanol–water partition coefficient (Wildman–Crippen LogP) is 3.06. The molecule has 0 radical (unpaired) electrons. The maximum atomic E-state index is 12.0. The first-order valence-corrected chi connectivity index (χ1v) is 7.54. The number of carbonyl (C=O) groups excluding carboxylic acids is 1. The first-order valence-electron chi connectivity index (χ1n) is 5.30. The lowest BCUT2D eigenvalue weighted by Gasteiger charge is -2.30. The summed E-state index contributed by atoms with van der Waals surface area (Å²) in [6.07, 6.45) is 0.814. The Morgan fingerprint density at radius 3 is 2.53 bits per heavy atom. The van der Waals surface area contributed by atoms with E-state index >= 15 is 0 Å². The minimum atomic E-state index is -0.303. The van der Waals surface area contributed by atoms with Crippen LogP contribution in [-0.4, -0.2) is 27.2 Å². The molecule has 1 rings (SSSR count). The largest absolute Gasteiger partial charge is 0.508 e. The number of amides is 1. The Bertz CT molecular complexity index is 384. The van der Waals surface area contributed by atoms with Crippen molar-refractivity contribution in [1.29, 1.82) is 0 Å². The minimum absolute atomic E-state index is 0.0948. The van der Waals surface area contributed by atoms with Crippen molar-refractivity contribution >= 4 is 37.8 Å². The normalized spacial score (nSPS) is 11.2. The molecule has 17 heavy (non-hydrogen) atoms. The molecule has 1 aromatic rings. The molecule has 94 valence electrons. The predicted molar refractivity (Wildman–Crippen MR) is 76.2 cm³/mol. The summed E-state index contributed by atoms with van der Waals surface area (Å²) in [6, 6.07) is 6.33. The average molecular weight is 365 g/mol. The van der Waals surface area contributed by atoms with Crippen LogP contribution in [0.2, 0.25) is 0 Å². The molecule has 0 aliphatic heterocycles. The van der Waals surface area contributed by atoms with Crippen LogP contribution in [0.4, 0.5) is 0 Å². The topological polar surface area (TPSA) is 49.3 Å². The van der Waals surface area contributed by atoms with Crippen molar-refractivity contribution in [2.45, 2.75) is 18.9 Å². The van der Waals surface area contributed by atoms with Crippen LogP contribution in [-0.2, 0) is 0 Å². The van der Waals surface area contributed by atoms with Crippen molar-refractivity contribution in [2.75, 3.05) is 10.7 Å². The molecule has 1 aromatic carbocycles. The third-order valence-electron chi connectivity index (χ3n) is 2.68. The first kappa shape index (κ1) is 14.5. The molecule has 0 aromatic heterocycles. The summed E-state index contributed by atoms with van der Waals surface area (Å²) >= 11 is 6.83. The van der Waals surface area contributed by atoms with Crippen LogP contribution < -0.4 is 5.32 Å². The van der Waals surface area contributed by atoms with Gasteiger partial charge in [-0.1, -0.05) is 44.8 Å². The highest BCUT2D eigenvalue weighted by molar-refractivity contribution is 9.09. The number of halogens is 2. The SMILES string of the molecule is CCC(CBr)(CBr)NC(=O)c1cccc(O)c1. The van der Waals surface area contributed by atoms with E-state index in [9.17, 15) is 9.90 Å². The van der Waals surface area contributed by atoms with E-state index in [0.717, 1.165) is 6.42 Å². The zero-order chi connectivity index (χ0) is 12.9. The smallest absolute Gasteiger partial charge is 0.251 e. The molecule has 3 nitrogen and oxygen atoms in total. The molecular weight excluding hydrogens is 350 g/mol. The van der Waals surface area contributed by atoms with Gasteiger partial charge in [-0.05, 0) is 24.6 Å². The Morgan fingerprint density at radius 1 is 1.41 bits per heavy atom. The van der Waals surface area contributed by atoms with Gasteiger partial charge in [0, 0.05) is 16.2 Å². The van der Waals surface area contributed by atoms with Gasteiger partial charge in [-0.15, -0.1) is 0 Å². The molecule has 1 amide bonds. The molecule has 0 fully saturated rings. The van der Waals surface area contributed by atoms with Crippen LogP contribution in [0.1, 0.15) is 23.7 Å². The molecule has 0 atom stereocenters. The zero-order valence-electron chi connectivity index (χ0n) is 9.54. The second kappa shape index (κ2) is 6.40. The third kappa shape index (κ3) is 3.71. The monoisotopic (exact) mass is 363 g/mol. The fraction of sp³-hybridized carbons (Fsp3) is 0.417. The number of benzene rings is 1. The van der Waals surface area contributed by atoms with E-state index in [1.54, 1.807) is 18.2 Å². The van der Waals surface area contributed by atoms with Crippen LogP contribution in [0.15, 0.2) is 24.3 Å². The number of hydrogen-bond acceptors (Lipinski definition) is 2. The van der Waals surface area contributed by atoms with Gasteiger partial charge in [0.25, 0.3) is 5.91 Å². The van der Waals surface area contributed by atoms with Crippen LogP contribution in [0.5, 0.6) is 5.75 Å². The second-order valence-corrected chi connectivity index (χ2v) is 5.03. The molecule has 0 aliphatic carbocycles. The Balaban J connectivity index is 2.84. The van der Waals surface area contributed by atoms with Gasteiger partial charge in [0.1, 0.15) is 5.75 Å². The maximum Gasteiger partial charge on any atom is 0.251 e. The van der Waals surface area contributed by atoms with E-state index in [1.807, 2.05) is 6.92 Å². The fourth-order valence-electron chi connectivity index (χ4n) is 1.34. The van der Waals surface area contributed by atoms with E-state index in [1.165, 1.54) is 6.07 Å².